The molecule has 1 saturated carbocycles. The molecule has 156 valence electrons. The molecule has 4 heterocycles. The van der Waals surface area contributed by atoms with Crippen molar-refractivity contribution >= 4 is 16.6 Å². The van der Waals surface area contributed by atoms with Crippen molar-refractivity contribution in [1.82, 2.24) is 39.4 Å². The lowest BCUT2D eigenvalue weighted by Crippen LogP contribution is -2.22. The average molecular weight is 428 g/mol. The summed E-state index contributed by atoms with van der Waals surface area (Å²) >= 11 is 0. The molecule has 6 rings (SSSR count). The second-order valence-corrected chi connectivity index (χ2v) is 7.18. The molecule has 1 aromatic carbocycles. The summed E-state index contributed by atoms with van der Waals surface area (Å²) in [4.78, 5) is 0. The smallest absolute Gasteiger partial charge is 0.275 e. The number of halogens is 3. The van der Waals surface area contributed by atoms with E-state index in [-0.39, 0.29) is 16.9 Å². The van der Waals surface area contributed by atoms with Crippen molar-refractivity contribution in [3.05, 3.63) is 60.1 Å². The number of benzene rings is 1. The third-order valence-electron chi connectivity index (χ3n) is 5.02. The van der Waals surface area contributed by atoms with Crippen LogP contribution < -0.4 is 0 Å². The number of aryl methyl sites for hydroxylation is 1. The van der Waals surface area contributed by atoms with Gasteiger partial charge in [0, 0.05) is 41.9 Å². The Morgan fingerprint density at radius 3 is 2.77 bits per heavy atom. The summed E-state index contributed by atoms with van der Waals surface area (Å²) in [5.41, 5.74) is -0.126. The summed E-state index contributed by atoms with van der Waals surface area (Å²) in [5, 5.41) is 19.9. The summed E-state index contributed by atoms with van der Waals surface area (Å²) in [6.45, 7) is 0. The number of hydrogen-bond donors (Lipinski definition) is 0. The van der Waals surface area contributed by atoms with E-state index in [1.165, 1.54) is 35.4 Å². The van der Waals surface area contributed by atoms with Crippen LogP contribution in [-0.2, 0) is 13.0 Å². The van der Waals surface area contributed by atoms with Crippen molar-refractivity contribution in [2.75, 3.05) is 0 Å². The second kappa shape index (κ2) is 6.13. The van der Waals surface area contributed by atoms with Gasteiger partial charge in [0.15, 0.2) is 5.65 Å². The van der Waals surface area contributed by atoms with E-state index in [9.17, 15) is 4.39 Å². The van der Waals surface area contributed by atoms with Crippen molar-refractivity contribution in [2.24, 2.45) is 7.05 Å². The van der Waals surface area contributed by atoms with Crippen molar-refractivity contribution < 1.29 is 18.7 Å². The summed E-state index contributed by atoms with van der Waals surface area (Å²) in [6, 6.07) is 3.73. The molecule has 1 aliphatic rings. The lowest BCUT2D eigenvalue weighted by molar-refractivity contribution is 0.0270. The molecule has 0 aliphatic heterocycles. The molecule has 0 saturated heterocycles. The minimum absolute atomic E-state index is 0.00791. The van der Waals surface area contributed by atoms with Crippen molar-refractivity contribution in [2.45, 2.75) is 24.7 Å². The van der Waals surface area contributed by atoms with Crippen LogP contribution in [0.1, 0.15) is 35.7 Å². The Morgan fingerprint density at radius 2 is 1.97 bits per heavy atom. The second-order valence-electron chi connectivity index (χ2n) is 7.18. The fourth-order valence-corrected chi connectivity index (χ4v) is 3.45. The number of nitrogens with zero attached hydrogens (tertiary/aromatic N) is 8. The zero-order valence-electron chi connectivity index (χ0n) is 19.8. The first-order chi connectivity index (χ1) is 16.4. The zero-order chi connectivity index (χ0) is 24.9. The van der Waals surface area contributed by atoms with Crippen LogP contribution in [0.5, 0.6) is 0 Å². The average Bonchev–Trinajstić information content (AvgIpc) is 3.35. The molecular weight excluding hydrogens is 409 g/mol. The SMILES string of the molecule is [2H]C1([2H])C(n2cc(-c3ccc4nnc(C(F)(F)c5cc6cn(C)nc6cc5F)n4n3)cn2)C1([2H])[2H]. The molecule has 11 heteroatoms. The van der Waals surface area contributed by atoms with Gasteiger partial charge in [-0.2, -0.15) is 28.6 Å². The number of alkyl halides is 2. The normalized spacial score (nSPS) is 19.9. The third kappa shape index (κ3) is 2.80. The molecule has 5 aromatic rings. The summed E-state index contributed by atoms with van der Waals surface area (Å²) in [5.74, 6) is -5.93. The maximum atomic E-state index is 15.5. The highest BCUT2D eigenvalue weighted by Crippen LogP contribution is 2.38. The van der Waals surface area contributed by atoms with Crippen LogP contribution in [0, 0.1) is 5.82 Å². The molecule has 0 amide bonds. The highest BCUT2D eigenvalue weighted by molar-refractivity contribution is 5.79. The van der Waals surface area contributed by atoms with Gasteiger partial charge in [-0.1, -0.05) is 0 Å². The van der Waals surface area contributed by atoms with Crippen LogP contribution in [0.3, 0.4) is 0 Å². The number of rotatable bonds is 4. The molecule has 0 radical (unpaired) electrons. The standard InChI is InChI=1S/C20H15F3N8/c1-29-9-11-6-14(15(21)7-17(11)27-29)20(22,23)19-26-25-18-5-4-16(28-31(18)19)12-8-24-30(10-12)13-2-3-13/h4-10,13H,2-3H2,1H3/i2D2,3D2. The van der Waals surface area contributed by atoms with Gasteiger partial charge in [-0.15, -0.1) is 10.2 Å². The van der Waals surface area contributed by atoms with E-state index >= 15 is 8.78 Å². The van der Waals surface area contributed by atoms with Crippen molar-refractivity contribution in [3.8, 4) is 11.3 Å². The molecule has 0 N–H and O–H groups in total. The van der Waals surface area contributed by atoms with E-state index in [0.29, 0.717) is 10.9 Å². The first kappa shape index (κ1) is 14.3. The molecule has 31 heavy (non-hydrogen) atoms. The van der Waals surface area contributed by atoms with E-state index in [2.05, 4.69) is 25.5 Å². The maximum absolute atomic E-state index is 15.5. The van der Waals surface area contributed by atoms with Gasteiger partial charge in [0.2, 0.25) is 5.82 Å². The van der Waals surface area contributed by atoms with E-state index in [0.717, 1.165) is 21.3 Å². The maximum Gasteiger partial charge on any atom is 0.336 e. The molecule has 0 unspecified atom stereocenters. The Morgan fingerprint density at radius 1 is 1.13 bits per heavy atom. The number of hydrogen-bond acceptors (Lipinski definition) is 5. The lowest BCUT2D eigenvalue weighted by Gasteiger charge is -2.15. The molecule has 0 bridgehead atoms. The fourth-order valence-electron chi connectivity index (χ4n) is 3.45. The largest absolute Gasteiger partial charge is 0.336 e. The minimum atomic E-state index is -3.89. The molecule has 4 aromatic heterocycles. The third-order valence-corrected chi connectivity index (χ3v) is 5.02. The van der Waals surface area contributed by atoms with Gasteiger partial charge in [0.05, 0.1) is 29.0 Å². The van der Waals surface area contributed by atoms with Crippen molar-refractivity contribution in [3.63, 3.8) is 0 Å². The quantitative estimate of drug-likeness (QED) is 0.438. The van der Waals surface area contributed by atoms with E-state index in [1.54, 1.807) is 7.05 Å². The van der Waals surface area contributed by atoms with Gasteiger partial charge in [-0.3, -0.25) is 9.36 Å². The first-order valence-electron chi connectivity index (χ1n) is 11.2. The van der Waals surface area contributed by atoms with Gasteiger partial charge >= 0.3 is 5.92 Å². The van der Waals surface area contributed by atoms with Gasteiger partial charge in [0.1, 0.15) is 5.82 Å². The van der Waals surface area contributed by atoms with Gasteiger partial charge in [0.25, 0.3) is 0 Å². The zero-order valence-corrected chi connectivity index (χ0v) is 15.8. The lowest BCUT2D eigenvalue weighted by atomic mass is 10.0. The molecule has 8 nitrogen and oxygen atoms in total. The highest BCUT2D eigenvalue weighted by Gasteiger charge is 2.42. The fraction of sp³-hybridized carbons (Fsp3) is 0.250. The molecule has 0 spiro atoms. The minimum Gasteiger partial charge on any atom is -0.275 e. The Labute approximate surface area is 178 Å². The van der Waals surface area contributed by atoms with Crippen LogP contribution >= 0.6 is 0 Å². The van der Waals surface area contributed by atoms with Gasteiger partial charge in [-0.25, -0.2) is 4.39 Å². The van der Waals surface area contributed by atoms with Crippen LogP contribution in [0.15, 0.2) is 42.9 Å². The highest BCUT2D eigenvalue weighted by atomic mass is 19.3. The van der Waals surface area contributed by atoms with E-state index in [4.69, 9.17) is 5.48 Å². The number of fused-ring (bicyclic) bond motifs is 2. The monoisotopic (exact) mass is 428 g/mol. The van der Waals surface area contributed by atoms with E-state index < -0.39 is 41.9 Å². The molecule has 0 atom stereocenters. The summed E-state index contributed by atoms with van der Waals surface area (Å²) < 4.78 is 80.2. The summed E-state index contributed by atoms with van der Waals surface area (Å²) in [6.07, 6.45) is 0.0404. The summed E-state index contributed by atoms with van der Waals surface area (Å²) in [7, 11) is 1.60. The van der Waals surface area contributed by atoms with Gasteiger partial charge in [-0.05, 0) is 30.9 Å². The predicted octanol–water partition coefficient (Wildman–Crippen LogP) is 3.49. The van der Waals surface area contributed by atoms with Gasteiger partial charge < -0.3 is 0 Å². The Hall–Kier alpha value is -3.76. The van der Waals surface area contributed by atoms with Crippen LogP contribution in [0.2, 0.25) is 0 Å². The van der Waals surface area contributed by atoms with Crippen LogP contribution in [0.4, 0.5) is 13.2 Å². The molecule has 1 fully saturated rings. The van der Waals surface area contributed by atoms with Crippen LogP contribution in [0.25, 0.3) is 27.8 Å². The first-order valence-corrected chi connectivity index (χ1v) is 9.20. The molecular formula is C20H15F3N8. The van der Waals surface area contributed by atoms with Crippen LogP contribution in [-0.4, -0.2) is 39.4 Å². The van der Waals surface area contributed by atoms with E-state index in [1.807, 2.05) is 0 Å². The Kier molecular flexibility index (Phi) is 2.82. The topological polar surface area (TPSA) is 78.7 Å². The Balaban J connectivity index is 1.42. The molecule has 1 aliphatic carbocycles. The predicted molar refractivity (Wildman–Crippen MR) is 104 cm³/mol. The number of aromatic nitrogens is 8. The Bertz CT molecular complexity index is 1630. The van der Waals surface area contributed by atoms with Crippen molar-refractivity contribution in [1.29, 1.82) is 0 Å².